The van der Waals surface area contributed by atoms with E-state index in [4.69, 9.17) is 34.5 Å². The van der Waals surface area contributed by atoms with Gasteiger partial charge in [-0.05, 0) is 73.8 Å². The van der Waals surface area contributed by atoms with E-state index in [0.717, 1.165) is 69.2 Å². The molecule has 7 N–H and O–H groups in total. The van der Waals surface area contributed by atoms with Gasteiger partial charge >= 0.3 is 24.1 Å². The summed E-state index contributed by atoms with van der Waals surface area (Å²) >= 11 is 0. The Balaban J connectivity index is 0.000000454. The predicted molar refractivity (Wildman–Crippen MR) is 233 cm³/mol. The molecule has 2 fully saturated rings. The molecule has 16 nitrogen and oxygen atoms in total. The summed E-state index contributed by atoms with van der Waals surface area (Å²) in [4.78, 5) is 48.3. The number of amides is 2. The van der Waals surface area contributed by atoms with E-state index in [1.54, 1.807) is 0 Å². The molecule has 0 radical (unpaired) electrons. The molecule has 360 valence electrons. The largest absolute Gasteiger partial charge is 0.480 e. The fourth-order valence-corrected chi connectivity index (χ4v) is 8.10. The summed E-state index contributed by atoms with van der Waals surface area (Å²) in [6.45, 7) is 8.63. The number of aryl methyl sites for hydroxylation is 1. The summed E-state index contributed by atoms with van der Waals surface area (Å²) in [5.41, 5.74) is 7.21. The van der Waals surface area contributed by atoms with Gasteiger partial charge in [0.2, 0.25) is 0 Å². The Morgan fingerprint density at radius 3 is 1.92 bits per heavy atom. The van der Waals surface area contributed by atoms with Crippen LogP contribution in [0.15, 0.2) is 42.5 Å². The van der Waals surface area contributed by atoms with E-state index in [0.29, 0.717) is 45.8 Å². The van der Waals surface area contributed by atoms with Gasteiger partial charge in [0.15, 0.2) is 11.6 Å². The third kappa shape index (κ3) is 16.8. The first-order chi connectivity index (χ1) is 30.6. The number of ether oxygens (including phenoxy) is 6. The first-order valence-electron chi connectivity index (χ1n) is 22.3. The quantitative estimate of drug-likeness (QED) is 0.0618. The second-order valence-corrected chi connectivity index (χ2v) is 16.3. The van der Waals surface area contributed by atoms with Crippen LogP contribution in [0, 0.1) is 17.6 Å². The van der Waals surface area contributed by atoms with E-state index < -0.39 is 70.9 Å². The van der Waals surface area contributed by atoms with Crippen molar-refractivity contribution in [2.45, 2.75) is 140 Å². The number of hydrogen-bond donors (Lipinski definition) is 6. The summed E-state index contributed by atoms with van der Waals surface area (Å²) in [6, 6.07) is 9.16. The molecule has 2 aliphatic heterocycles. The van der Waals surface area contributed by atoms with Gasteiger partial charge in [-0.15, -0.1) is 0 Å². The van der Waals surface area contributed by atoms with E-state index in [2.05, 4.69) is 40.6 Å². The zero-order valence-electron chi connectivity index (χ0n) is 38.0. The lowest BCUT2D eigenvalue weighted by Crippen LogP contribution is -2.66. The minimum Gasteiger partial charge on any atom is -0.480 e. The van der Waals surface area contributed by atoms with Crippen LogP contribution in [-0.4, -0.2) is 111 Å². The van der Waals surface area contributed by atoms with Crippen LogP contribution in [0.2, 0.25) is 0 Å². The topological polar surface area (TPSA) is 226 Å². The van der Waals surface area contributed by atoms with Crippen molar-refractivity contribution < 1.29 is 66.6 Å². The van der Waals surface area contributed by atoms with Crippen LogP contribution in [-0.2, 0) is 57.4 Å². The van der Waals surface area contributed by atoms with E-state index in [1.165, 1.54) is 19.2 Å². The van der Waals surface area contributed by atoms with Gasteiger partial charge in [-0.25, -0.2) is 28.0 Å². The predicted octanol–water partition coefficient (Wildman–Crippen LogP) is 6.60. The SMILES string of the molecule is CCCCC1(CC[C@@H](NC(=O)OC)C(=O)O)OCCO1.CCCCC1(CC[C@@](NC(=O)OC)(C(=O)O)[C@H](CNCc2cccc(CC)c2)C(N)Cc2cc(F)cc(F)c2)OCCCO1. The molecule has 0 aromatic heterocycles. The zero-order chi connectivity index (χ0) is 47.2. The van der Waals surface area contributed by atoms with Crippen LogP contribution in [0.5, 0.6) is 0 Å². The second kappa shape index (κ2) is 27.1. The molecular formula is C46H70F2N4O12. The van der Waals surface area contributed by atoms with Gasteiger partial charge in [-0.3, -0.25) is 0 Å². The molecule has 0 saturated carbocycles. The Kier molecular flexibility index (Phi) is 22.8. The number of benzene rings is 2. The Bertz CT molecular complexity index is 1740. The number of alkyl carbamates (subject to hydrolysis) is 2. The molecule has 2 aliphatic rings. The minimum absolute atomic E-state index is 0.0434. The maximum absolute atomic E-state index is 14.1. The number of rotatable bonds is 25. The number of carboxylic acids is 2. The van der Waals surface area contributed by atoms with Gasteiger partial charge in [0.1, 0.15) is 23.2 Å². The smallest absolute Gasteiger partial charge is 0.407 e. The molecule has 2 aromatic carbocycles. The molecule has 0 spiro atoms. The number of aliphatic carboxylic acids is 2. The lowest BCUT2D eigenvalue weighted by molar-refractivity contribution is -0.276. The molecule has 2 amide bonds. The van der Waals surface area contributed by atoms with Crippen LogP contribution in [0.3, 0.4) is 0 Å². The van der Waals surface area contributed by atoms with Gasteiger partial charge in [0.25, 0.3) is 0 Å². The third-order valence-electron chi connectivity index (χ3n) is 11.7. The number of unbranched alkanes of at least 4 members (excludes halogenated alkanes) is 2. The summed E-state index contributed by atoms with van der Waals surface area (Å²) in [7, 11) is 2.35. The zero-order valence-corrected chi connectivity index (χ0v) is 38.0. The monoisotopic (exact) mass is 908 g/mol. The van der Waals surface area contributed by atoms with Gasteiger partial charge in [0, 0.05) is 56.8 Å². The molecule has 18 heteroatoms. The van der Waals surface area contributed by atoms with Crippen molar-refractivity contribution >= 4 is 24.1 Å². The lowest BCUT2D eigenvalue weighted by Gasteiger charge is -2.44. The molecule has 64 heavy (non-hydrogen) atoms. The highest BCUT2D eigenvalue weighted by Crippen LogP contribution is 2.37. The number of carbonyl (C=O) groups excluding carboxylic acids is 2. The number of hydrogen-bond acceptors (Lipinski definition) is 12. The average molecular weight is 909 g/mol. The van der Waals surface area contributed by atoms with Crippen molar-refractivity contribution in [3.63, 3.8) is 0 Å². The number of carbonyl (C=O) groups is 4. The van der Waals surface area contributed by atoms with Crippen LogP contribution in [0.1, 0.15) is 108 Å². The molecular weight excluding hydrogens is 839 g/mol. The standard InChI is InChI=1S/C33H47F2N3O6.C13H23NO6/c1-4-6-11-32(43-14-8-15-44-32)12-13-33(30(39)40,38-31(41)42-3)28(22-37-21-24-10-7-9-23(5-2)16-24)29(36)19-25-17-26(34)20-27(35)18-25;1-3-4-6-13(19-8-9-20-13)7-5-10(11(15)16)14-12(17)18-2/h7,9-10,16-18,20,28-29,37H,4-6,8,11-15,19,21-22,36H2,1-3H3,(H,38,41)(H,39,40);10H,3-9H2,1-2H3,(H,14,17)(H,15,16)/t28-,29?,33+;10-/m11/s1. The molecule has 2 saturated heterocycles. The molecule has 2 aromatic rings. The number of carboxylic acid groups (broad SMARTS) is 2. The van der Waals surface area contributed by atoms with Crippen molar-refractivity contribution in [2.24, 2.45) is 11.7 Å². The van der Waals surface area contributed by atoms with E-state index in [9.17, 15) is 33.1 Å². The highest BCUT2D eigenvalue weighted by Gasteiger charge is 2.51. The molecule has 0 bridgehead atoms. The number of methoxy groups -OCH3 is 2. The average Bonchev–Trinajstić information content (AvgIpc) is 3.75. The van der Waals surface area contributed by atoms with E-state index in [1.807, 2.05) is 25.1 Å². The summed E-state index contributed by atoms with van der Waals surface area (Å²) in [5.74, 6) is -6.61. The minimum atomic E-state index is -1.94. The Morgan fingerprint density at radius 2 is 1.38 bits per heavy atom. The van der Waals surface area contributed by atoms with Crippen LogP contribution in [0.25, 0.3) is 0 Å². The van der Waals surface area contributed by atoms with Gasteiger partial charge in [-0.1, -0.05) is 57.9 Å². The van der Waals surface area contributed by atoms with Crippen molar-refractivity contribution in [3.05, 3.63) is 70.8 Å². The van der Waals surface area contributed by atoms with E-state index >= 15 is 0 Å². The third-order valence-corrected chi connectivity index (χ3v) is 11.7. The van der Waals surface area contributed by atoms with Crippen molar-refractivity contribution in [2.75, 3.05) is 47.2 Å². The molecule has 2 heterocycles. The maximum Gasteiger partial charge on any atom is 0.407 e. The van der Waals surface area contributed by atoms with Crippen LogP contribution >= 0.6 is 0 Å². The normalized spacial score (nSPS) is 17.7. The van der Waals surface area contributed by atoms with Gasteiger partial charge in [-0.2, -0.15) is 0 Å². The van der Waals surface area contributed by atoms with Crippen molar-refractivity contribution in [3.8, 4) is 0 Å². The van der Waals surface area contributed by atoms with Crippen LogP contribution < -0.4 is 21.7 Å². The molecule has 0 aliphatic carbocycles. The molecule has 1 unspecified atom stereocenters. The Morgan fingerprint density at radius 1 is 0.797 bits per heavy atom. The summed E-state index contributed by atoms with van der Waals surface area (Å²) < 4.78 is 61.0. The number of nitrogens with two attached hydrogens (primary N) is 1. The highest BCUT2D eigenvalue weighted by atomic mass is 19.1. The van der Waals surface area contributed by atoms with Crippen LogP contribution in [0.4, 0.5) is 18.4 Å². The molecule has 4 atom stereocenters. The summed E-state index contributed by atoms with van der Waals surface area (Å²) in [5, 5.41) is 28.2. The number of halogens is 2. The summed E-state index contributed by atoms with van der Waals surface area (Å²) in [6.07, 6.45) is 5.51. The lowest BCUT2D eigenvalue weighted by atomic mass is 9.73. The van der Waals surface area contributed by atoms with Crippen molar-refractivity contribution in [1.29, 1.82) is 0 Å². The number of nitrogens with one attached hydrogen (secondary N) is 3. The first kappa shape index (κ1) is 53.9. The Hall–Kier alpha value is -4.46. The van der Waals surface area contributed by atoms with E-state index in [-0.39, 0.29) is 37.8 Å². The Labute approximate surface area is 375 Å². The van der Waals surface area contributed by atoms with Gasteiger partial charge < -0.3 is 60.3 Å². The van der Waals surface area contributed by atoms with Crippen molar-refractivity contribution in [1.82, 2.24) is 16.0 Å². The second-order valence-electron chi connectivity index (χ2n) is 16.3. The first-order valence-corrected chi connectivity index (χ1v) is 22.3. The van der Waals surface area contributed by atoms with Gasteiger partial charge in [0.05, 0.1) is 40.6 Å². The fraction of sp³-hybridized carbons (Fsp3) is 0.652. The fourth-order valence-electron chi connectivity index (χ4n) is 8.10. The molecule has 4 rings (SSSR count). The maximum atomic E-state index is 14.1. The highest BCUT2D eigenvalue weighted by molar-refractivity contribution is 5.85.